The third-order valence-corrected chi connectivity index (χ3v) is 1.95. The Morgan fingerprint density at radius 2 is 1.86 bits per heavy atom. The third kappa shape index (κ3) is 2.22. The molecule has 0 saturated carbocycles. The zero-order valence-electron chi connectivity index (χ0n) is 8.44. The highest BCUT2D eigenvalue weighted by Gasteiger charge is 2.13. The number of ether oxygens (including phenoxy) is 1. The molecule has 1 nitrogen and oxygen atoms in total. The predicted octanol–water partition coefficient (Wildman–Crippen LogP) is 3.32. The van der Waals surface area contributed by atoms with Crippen molar-refractivity contribution in [1.82, 2.24) is 0 Å². The maximum Gasteiger partial charge on any atom is 0.200 e. The molecule has 0 amide bonds. The summed E-state index contributed by atoms with van der Waals surface area (Å²) in [6.07, 6.45) is 1.35. The first-order chi connectivity index (χ1) is 6.70. The summed E-state index contributed by atoms with van der Waals surface area (Å²) in [6.45, 7) is 3.99. The molecular weight excluding hydrogens is 186 g/mol. The van der Waals surface area contributed by atoms with Crippen LogP contribution in [0.1, 0.15) is 25.8 Å². The van der Waals surface area contributed by atoms with E-state index in [4.69, 9.17) is 4.74 Å². The summed E-state index contributed by atoms with van der Waals surface area (Å²) in [7, 11) is 0. The van der Waals surface area contributed by atoms with Crippen LogP contribution in [0.25, 0.3) is 0 Å². The molecule has 0 aliphatic heterocycles. The molecule has 0 heterocycles. The summed E-state index contributed by atoms with van der Waals surface area (Å²) in [5.74, 6) is -1.67. The molecule has 0 fully saturated rings. The zero-order valence-corrected chi connectivity index (χ0v) is 8.44. The average Bonchev–Trinajstić information content (AvgIpc) is 2.18. The molecule has 0 aromatic heterocycles. The highest BCUT2D eigenvalue weighted by molar-refractivity contribution is 5.31. The van der Waals surface area contributed by atoms with Crippen LogP contribution in [-0.4, -0.2) is 6.61 Å². The minimum absolute atomic E-state index is 0.00940. The lowest BCUT2D eigenvalue weighted by Crippen LogP contribution is -2.00. The molecule has 0 bridgehead atoms. The molecule has 1 rings (SSSR count). The quantitative estimate of drug-likeness (QED) is 0.724. The molecule has 0 radical (unpaired) electrons. The Morgan fingerprint density at radius 1 is 1.14 bits per heavy atom. The lowest BCUT2D eigenvalue weighted by atomic mass is 10.1. The zero-order chi connectivity index (χ0) is 10.6. The van der Waals surface area contributed by atoms with Crippen LogP contribution in [0.3, 0.4) is 0 Å². The molecule has 0 N–H and O–H groups in total. The summed E-state index contributed by atoms with van der Waals surface area (Å²) >= 11 is 0. The highest BCUT2D eigenvalue weighted by Crippen LogP contribution is 2.23. The van der Waals surface area contributed by atoms with Crippen LogP contribution in [0, 0.1) is 11.6 Å². The van der Waals surface area contributed by atoms with Crippen molar-refractivity contribution in [3.05, 3.63) is 29.3 Å². The van der Waals surface area contributed by atoms with Crippen molar-refractivity contribution in [1.29, 1.82) is 0 Å². The molecule has 1 aromatic rings. The van der Waals surface area contributed by atoms with E-state index in [1.54, 1.807) is 13.0 Å². The summed E-state index contributed by atoms with van der Waals surface area (Å²) in [5, 5.41) is 0. The minimum atomic E-state index is -0.877. The van der Waals surface area contributed by atoms with E-state index < -0.39 is 11.6 Å². The van der Waals surface area contributed by atoms with Gasteiger partial charge < -0.3 is 4.74 Å². The van der Waals surface area contributed by atoms with Gasteiger partial charge in [0.25, 0.3) is 0 Å². The SMILES string of the molecule is CCCc1ccc(OCC)c(F)c1F. The Labute approximate surface area is 82.7 Å². The van der Waals surface area contributed by atoms with E-state index in [0.29, 0.717) is 18.6 Å². The van der Waals surface area contributed by atoms with Crippen molar-refractivity contribution in [2.45, 2.75) is 26.7 Å². The van der Waals surface area contributed by atoms with Gasteiger partial charge in [0.15, 0.2) is 11.6 Å². The van der Waals surface area contributed by atoms with Crippen LogP contribution >= 0.6 is 0 Å². The molecule has 3 heteroatoms. The average molecular weight is 200 g/mol. The van der Waals surface area contributed by atoms with E-state index in [-0.39, 0.29) is 5.75 Å². The molecule has 14 heavy (non-hydrogen) atoms. The first-order valence-corrected chi connectivity index (χ1v) is 4.80. The van der Waals surface area contributed by atoms with Gasteiger partial charge in [-0.25, -0.2) is 4.39 Å². The lowest BCUT2D eigenvalue weighted by molar-refractivity contribution is 0.313. The summed E-state index contributed by atoms with van der Waals surface area (Å²) in [5.41, 5.74) is 0.411. The van der Waals surface area contributed by atoms with Gasteiger partial charge in [0.2, 0.25) is 5.82 Å². The number of benzene rings is 1. The maximum atomic E-state index is 13.3. The van der Waals surface area contributed by atoms with E-state index >= 15 is 0 Å². The number of halogens is 2. The highest BCUT2D eigenvalue weighted by atomic mass is 19.2. The van der Waals surface area contributed by atoms with Crippen LogP contribution < -0.4 is 4.74 Å². The van der Waals surface area contributed by atoms with Crippen LogP contribution in [0.15, 0.2) is 12.1 Å². The molecular formula is C11H14F2O. The van der Waals surface area contributed by atoms with Crippen LogP contribution in [-0.2, 0) is 6.42 Å². The first-order valence-electron chi connectivity index (χ1n) is 4.80. The Morgan fingerprint density at radius 3 is 2.43 bits per heavy atom. The number of hydrogen-bond acceptors (Lipinski definition) is 1. The maximum absolute atomic E-state index is 13.3. The van der Waals surface area contributed by atoms with E-state index in [2.05, 4.69) is 0 Å². The van der Waals surface area contributed by atoms with E-state index in [9.17, 15) is 8.78 Å². The van der Waals surface area contributed by atoms with Gasteiger partial charge in [-0.05, 0) is 25.0 Å². The second-order valence-electron chi connectivity index (χ2n) is 3.03. The molecule has 78 valence electrons. The van der Waals surface area contributed by atoms with Crippen LogP contribution in [0.4, 0.5) is 8.78 Å². The number of hydrogen-bond donors (Lipinski definition) is 0. The normalized spacial score (nSPS) is 10.3. The van der Waals surface area contributed by atoms with Crippen molar-refractivity contribution in [2.24, 2.45) is 0 Å². The monoisotopic (exact) mass is 200 g/mol. The number of rotatable bonds is 4. The predicted molar refractivity (Wildman–Crippen MR) is 51.5 cm³/mol. The Hall–Kier alpha value is -1.12. The Kier molecular flexibility index (Phi) is 3.86. The fourth-order valence-corrected chi connectivity index (χ4v) is 1.30. The second kappa shape index (κ2) is 4.94. The van der Waals surface area contributed by atoms with Gasteiger partial charge in [-0.1, -0.05) is 19.4 Å². The van der Waals surface area contributed by atoms with Crippen molar-refractivity contribution >= 4 is 0 Å². The van der Waals surface area contributed by atoms with Gasteiger partial charge in [0.1, 0.15) is 0 Å². The molecule has 0 atom stereocenters. The topological polar surface area (TPSA) is 9.23 Å². The molecule has 0 spiro atoms. The first kappa shape index (κ1) is 11.0. The Bertz CT molecular complexity index is 279. The van der Waals surface area contributed by atoms with Gasteiger partial charge in [-0.3, -0.25) is 0 Å². The molecule has 0 aliphatic carbocycles. The van der Waals surface area contributed by atoms with Gasteiger partial charge in [-0.15, -0.1) is 0 Å². The lowest BCUT2D eigenvalue weighted by Gasteiger charge is -2.07. The summed E-state index contributed by atoms with van der Waals surface area (Å²) in [6, 6.07) is 3.06. The van der Waals surface area contributed by atoms with Crippen molar-refractivity contribution < 1.29 is 13.5 Å². The standard InChI is InChI=1S/C11H14F2O/c1-3-5-8-6-7-9(14-4-2)11(13)10(8)12/h6-7H,3-5H2,1-2H3. The van der Waals surface area contributed by atoms with Crippen molar-refractivity contribution in [3.63, 3.8) is 0 Å². The molecule has 0 aliphatic rings. The van der Waals surface area contributed by atoms with Crippen LogP contribution in [0.5, 0.6) is 5.75 Å². The van der Waals surface area contributed by atoms with Gasteiger partial charge >= 0.3 is 0 Å². The molecule has 1 aromatic carbocycles. The van der Waals surface area contributed by atoms with Crippen molar-refractivity contribution in [3.8, 4) is 5.75 Å². The van der Waals surface area contributed by atoms with Gasteiger partial charge in [0, 0.05) is 0 Å². The Balaban J connectivity index is 2.99. The number of aryl methyl sites for hydroxylation is 1. The molecule has 0 unspecified atom stereocenters. The van der Waals surface area contributed by atoms with E-state index in [1.165, 1.54) is 6.07 Å². The third-order valence-electron chi connectivity index (χ3n) is 1.95. The van der Waals surface area contributed by atoms with Gasteiger partial charge in [0.05, 0.1) is 6.61 Å². The van der Waals surface area contributed by atoms with Crippen molar-refractivity contribution in [2.75, 3.05) is 6.61 Å². The van der Waals surface area contributed by atoms with E-state index in [1.807, 2.05) is 6.92 Å². The van der Waals surface area contributed by atoms with Crippen LogP contribution in [0.2, 0.25) is 0 Å². The summed E-state index contributed by atoms with van der Waals surface area (Å²) < 4.78 is 31.5. The molecule has 0 saturated heterocycles. The second-order valence-corrected chi connectivity index (χ2v) is 3.03. The largest absolute Gasteiger partial charge is 0.491 e. The van der Waals surface area contributed by atoms with Gasteiger partial charge in [-0.2, -0.15) is 4.39 Å². The fourth-order valence-electron chi connectivity index (χ4n) is 1.30. The summed E-state index contributed by atoms with van der Waals surface area (Å²) in [4.78, 5) is 0. The smallest absolute Gasteiger partial charge is 0.200 e. The van der Waals surface area contributed by atoms with E-state index in [0.717, 1.165) is 6.42 Å². The minimum Gasteiger partial charge on any atom is -0.491 e. The fraction of sp³-hybridized carbons (Fsp3) is 0.455.